The third kappa shape index (κ3) is 2.24. The number of aliphatic hydroxyl groups excluding tert-OH is 1. The van der Waals surface area contributed by atoms with E-state index in [1.807, 2.05) is 19.1 Å². The summed E-state index contributed by atoms with van der Waals surface area (Å²) >= 11 is 0. The number of aryl methyl sites for hydroxylation is 1. The van der Waals surface area contributed by atoms with Gasteiger partial charge < -0.3 is 10.2 Å². The van der Waals surface area contributed by atoms with Crippen molar-refractivity contribution in [1.29, 1.82) is 0 Å². The molecule has 0 spiro atoms. The highest BCUT2D eigenvalue weighted by molar-refractivity contribution is 5.36. The number of hydrogen-bond acceptors (Lipinski definition) is 2. The SMILES string of the molecule is Cc1ccc(CC(C)O)c(O)c1. The average molecular weight is 166 g/mol. The van der Waals surface area contributed by atoms with E-state index in [2.05, 4.69) is 0 Å². The van der Waals surface area contributed by atoms with Crippen LogP contribution in [0.25, 0.3) is 0 Å². The first-order valence-corrected chi connectivity index (χ1v) is 4.06. The molecule has 2 heteroatoms. The van der Waals surface area contributed by atoms with E-state index in [-0.39, 0.29) is 5.75 Å². The van der Waals surface area contributed by atoms with Crippen LogP contribution in [0.5, 0.6) is 5.75 Å². The van der Waals surface area contributed by atoms with Crippen LogP contribution >= 0.6 is 0 Å². The van der Waals surface area contributed by atoms with Gasteiger partial charge in [0, 0.05) is 6.42 Å². The Labute approximate surface area is 72.5 Å². The van der Waals surface area contributed by atoms with E-state index < -0.39 is 6.10 Å². The van der Waals surface area contributed by atoms with Crippen molar-refractivity contribution in [1.82, 2.24) is 0 Å². The lowest BCUT2D eigenvalue weighted by atomic mass is 10.1. The molecule has 2 N–H and O–H groups in total. The van der Waals surface area contributed by atoms with Gasteiger partial charge in [-0.1, -0.05) is 12.1 Å². The highest BCUT2D eigenvalue weighted by Gasteiger charge is 2.03. The maximum Gasteiger partial charge on any atom is 0.119 e. The van der Waals surface area contributed by atoms with Crippen LogP contribution in [0, 0.1) is 6.92 Å². The molecular formula is C10H14O2. The topological polar surface area (TPSA) is 40.5 Å². The molecule has 0 amide bonds. The smallest absolute Gasteiger partial charge is 0.119 e. The molecule has 66 valence electrons. The molecule has 0 aromatic heterocycles. The molecule has 0 bridgehead atoms. The first-order valence-electron chi connectivity index (χ1n) is 4.06. The molecule has 1 atom stereocenters. The predicted octanol–water partition coefficient (Wildman–Crippen LogP) is 1.62. The van der Waals surface area contributed by atoms with Gasteiger partial charge in [0.1, 0.15) is 5.75 Å². The monoisotopic (exact) mass is 166 g/mol. The lowest BCUT2D eigenvalue weighted by Gasteiger charge is -2.06. The first-order chi connectivity index (χ1) is 5.59. The largest absolute Gasteiger partial charge is 0.508 e. The maximum atomic E-state index is 9.43. The Kier molecular flexibility index (Phi) is 2.71. The molecule has 0 saturated carbocycles. The van der Waals surface area contributed by atoms with Gasteiger partial charge in [-0.2, -0.15) is 0 Å². The Bertz CT molecular complexity index is 267. The first kappa shape index (κ1) is 9.07. The van der Waals surface area contributed by atoms with Gasteiger partial charge >= 0.3 is 0 Å². The van der Waals surface area contributed by atoms with Crippen molar-refractivity contribution in [3.05, 3.63) is 29.3 Å². The summed E-state index contributed by atoms with van der Waals surface area (Å²) in [4.78, 5) is 0. The van der Waals surface area contributed by atoms with Crippen molar-refractivity contribution < 1.29 is 10.2 Å². The van der Waals surface area contributed by atoms with Crippen LogP contribution in [-0.2, 0) is 6.42 Å². The van der Waals surface area contributed by atoms with Crippen LogP contribution in [0.4, 0.5) is 0 Å². The second-order valence-corrected chi connectivity index (χ2v) is 3.19. The zero-order valence-electron chi connectivity index (χ0n) is 7.41. The van der Waals surface area contributed by atoms with E-state index in [1.165, 1.54) is 0 Å². The Morgan fingerprint density at radius 2 is 2.08 bits per heavy atom. The number of phenolic OH excluding ortho intramolecular Hbond substituents is 1. The van der Waals surface area contributed by atoms with Gasteiger partial charge in [-0.3, -0.25) is 0 Å². The second-order valence-electron chi connectivity index (χ2n) is 3.19. The number of aliphatic hydroxyl groups is 1. The minimum atomic E-state index is -0.404. The van der Waals surface area contributed by atoms with Crippen LogP contribution in [0.3, 0.4) is 0 Å². The van der Waals surface area contributed by atoms with E-state index >= 15 is 0 Å². The number of benzene rings is 1. The molecule has 0 aliphatic carbocycles. The number of hydrogen-bond donors (Lipinski definition) is 2. The Morgan fingerprint density at radius 1 is 1.42 bits per heavy atom. The lowest BCUT2D eigenvalue weighted by molar-refractivity contribution is 0.194. The van der Waals surface area contributed by atoms with E-state index in [9.17, 15) is 5.11 Å². The number of rotatable bonds is 2. The standard InChI is InChI=1S/C10H14O2/c1-7-3-4-9(6-8(2)11)10(12)5-7/h3-5,8,11-12H,6H2,1-2H3. The minimum Gasteiger partial charge on any atom is -0.508 e. The summed E-state index contributed by atoms with van der Waals surface area (Å²) in [6.07, 6.45) is 0.102. The highest BCUT2D eigenvalue weighted by atomic mass is 16.3. The van der Waals surface area contributed by atoms with Gasteiger partial charge in [-0.25, -0.2) is 0 Å². The minimum absolute atomic E-state index is 0.274. The third-order valence-electron chi connectivity index (χ3n) is 1.76. The molecule has 0 saturated heterocycles. The molecule has 1 aromatic rings. The zero-order valence-corrected chi connectivity index (χ0v) is 7.41. The van der Waals surface area contributed by atoms with Gasteiger partial charge in [0.25, 0.3) is 0 Å². The Morgan fingerprint density at radius 3 is 2.58 bits per heavy atom. The summed E-state index contributed by atoms with van der Waals surface area (Å²) in [5, 5.41) is 18.5. The molecule has 2 nitrogen and oxygen atoms in total. The summed E-state index contributed by atoms with van der Waals surface area (Å²) in [7, 11) is 0. The van der Waals surface area contributed by atoms with Crippen LogP contribution in [0.15, 0.2) is 18.2 Å². The molecular weight excluding hydrogens is 152 g/mol. The normalized spacial score (nSPS) is 12.9. The second kappa shape index (κ2) is 3.59. The average Bonchev–Trinajstić information content (AvgIpc) is 1.94. The Balaban J connectivity index is 2.86. The third-order valence-corrected chi connectivity index (χ3v) is 1.76. The summed E-state index contributed by atoms with van der Waals surface area (Å²) < 4.78 is 0. The summed E-state index contributed by atoms with van der Waals surface area (Å²) in [6.45, 7) is 3.63. The van der Waals surface area contributed by atoms with Gasteiger partial charge in [-0.15, -0.1) is 0 Å². The van der Waals surface area contributed by atoms with Gasteiger partial charge in [0.2, 0.25) is 0 Å². The lowest BCUT2D eigenvalue weighted by Crippen LogP contribution is -2.04. The van der Waals surface area contributed by atoms with Crippen LogP contribution < -0.4 is 0 Å². The molecule has 12 heavy (non-hydrogen) atoms. The van der Waals surface area contributed by atoms with Crippen molar-refractivity contribution in [3.63, 3.8) is 0 Å². The highest BCUT2D eigenvalue weighted by Crippen LogP contribution is 2.19. The molecule has 0 fully saturated rings. The van der Waals surface area contributed by atoms with Crippen molar-refractivity contribution >= 4 is 0 Å². The fourth-order valence-corrected chi connectivity index (χ4v) is 1.16. The molecule has 1 unspecified atom stereocenters. The van der Waals surface area contributed by atoms with Crippen molar-refractivity contribution in [2.75, 3.05) is 0 Å². The van der Waals surface area contributed by atoms with Crippen LogP contribution in [0.1, 0.15) is 18.1 Å². The summed E-state index contributed by atoms with van der Waals surface area (Å²) in [5.74, 6) is 0.274. The molecule has 0 heterocycles. The fourth-order valence-electron chi connectivity index (χ4n) is 1.16. The van der Waals surface area contributed by atoms with Crippen LogP contribution in [0.2, 0.25) is 0 Å². The van der Waals surface area contributed by atoms with Gasteiger partial charge in [0.15, 0.2) is 0 Å². The fraction of sp³-hybridized carbons (Fsp3) is 0.400. The summed E-state index contributed by atoms with van der Waals surface area (Å²) in [6, 6.07) is 5.48. The van der Waals surface area contributed by atoms with E-state index in [1.54, 1.807) is 13.0 Å². The predicted molar refractivity (Wildman–Crippen MR) is 48.2 cm³/mol. The molecule has 0 aliphatic rings. The van der Waals surface area contributed by atoms with E-state index in [4.69, 9.17) is 5.11 Å². The van der Waals surface area contributed by atoms with Crippen molar-refractivity contribution in [2.24, 2.45) is 0 Å². The van der Waals surface area contributed by atoms with E-state index in [0.29, 0.717) is 6.42 Å². The zero-order chi connectivity index (χ0) is 9.14. The van der Waals surface area contributed by atoms with Crippen LogP contribution in [-0.4, -0.2) is 16.3 Å². The summed E-state index contributed by atoms with van der Waals surface area (Å²) in [5.41, 5.74) is 1.83. The van der Waals surface area contributed by atoms with Gasteiger partial charge in [0.05, 0.1) is 6.10 Å². The van der Waals surface area contributed by atoms with Crippen molar-refractivity contribution in [2.45, 2.75) is 26.4 Å². The maximum absolute atomic E-state index is 9.43. The molecule has 1 rings (SSSR count). The molecule has 1 aromatic carbocycles. The number of phenols is 1. The van der Waals surface area contributed by atoms with Gasteiger partial charge in [-0.05, 0) is 31.0 Å². The number of aromatic hydroxyl groups is 1. The molecule has 0 aliphatic heterocycles. The quantitative estimate of drug-likeness (QED) is 0.701. The van der Waals surface area contributed by atoms with Crippen molar-refractivity contribution in [3.8, 4) is 5.75 Å². The van der Waals surface area contributed by atoms with E-state index in [0.717, 1.165) is 11.1 Å². The molecule has 0 radical (unpaired) electrons. The Hall–Kier alpha value is -1.02.